The smallest absolute Gasteiger partial charge is 0.329 e. The normalized spacial score (nSPS) is 23.4. The standard InChI is InChI=1S/C22H23NO4/c1-14(23-20(24)18-11-4-5-12-19(18)21(23)25)22(26)27-13-16-9-6-8-15-7-2-3-10-17(15)16/h2-3,6-10,14,18-19H,4-5,11-13H2,1H3/t14-,18-,19-/m0/s1. The molecule has 0 radical (unpaired) electrons. The van der Waals surface area contributed by atoms with E-state index < -0.39 is 12.0 Å². The number of likely N-dealkylation sites (tertiary alicyclic amines) is 1. The Balaban J connectivity index is 1.46. The van der Waals surface area contributed by atoms with Crippen LogP contribution < -0.4 is 0 Å². The van der Waals surface area contributed by atoms with Gasteiger partial charge in [0.15, 0.2) is 0 Å². The van der Waals surface area contributed by atoms with Gasteiger partial charge in [-0.15, -0.1) is 0 Å². The summed E-state index contributed by atoms with van der Waals surface area (Å²) in [4.78, 5) is 39.0. The quantitative estimate of drug-likeness (QED) is 0.615. The predicted octanol–water partition coefficient (Wildman–Crippen LogP) is 3.45. The van der Waals surface area contributed by atoms with Crippen LogP contribution in [0.25, 0.3) is 10.8 Å². The van der Waals surface area contributed by atoms with Gasteiger partial charge in [0.2, 0.25) is 11.8 Å². The molecule has 3 atom stereocenters. The van der Waals surface area contributed by atoms with Crippen LogP contribution in [0, 0.1) is 11.8 Å². The second-order valence-corrected chi connectivity index (χ2v) is 7.47. The number of carbonyl (C=O) groups is 3. The van der Waals surface area contributed by atoms with Gasteiger partial charge in [-0.05, 0) is 36.1 Å². The van der Waals surface area contributed by atoms with E-state index in [1.54, 1.807) is 6.92 Å². The molecule has 1 aliphatic carbocycles. The molecule has 0 bridgehead atoms. The minimum atomic E-state index is -0.884. The molecule has 27 heavy (non-hydrogen) atoms. The van der Waals surface area contributed by atoms with Crippen molar-refractivity contribution in [3.63, 3.8) is 0 Å². The van der Waals surface area contributed by atoms with E-state index in [1.807, 2.05) is 42.5 Å². The first-order valence-electron chi connectivity index (χ1n) is 9.58. The highest BCUT2D eigenvalue weighted by Gasteiger charge is 2.51. The van der Waals surface area contributed by atoms with Crippen molar-refractivity contribution in [1.29, 1.82) is 0 Å². The number of fused-ring (bicyclic) bond motifs is 2. The lowest BCUT2D eigenvalue weighted by molar-refractivity contribution is -0.159. The number of hydrogen-bond acceptors (Lipinski definition) is 4. The van der Waals surface area contributed by atoms with E-state index in [0.717, 1.165) is 46.9 Å². The summed E-state index contributed by atoms with van der Waals surface area (Å²) in [5, 5.41) is 2.10. The van der Waals surface area contributed by atoms with Gasteiger partial charge in [-0.1, -0.05) is 55.3 Å². The van der Waals surface area contributed by atoms with Crippen molar-refractivity contribution in [1.82, 2.24) is 4.90 Å². The highest BCUT2D eigenvalue weighted by atomic mass is 16.5. The predicted molar refractivity (Wildman–Crippen MR) is 101 cm³/mol. The Morgan fingerprint density at radius 2 is 1.67 bits per heavy atom. The maximum absolute atomic E-state index is 12.6. The van der Waals surface area contributed by atoms with Crippen LogP contribution in [0.1, 0.15) is 38.2 Å². The van der Waals surface area contributed by atoms with Gasteiger partial charge in [0.25, 0.3) is 0 Å². The zero-order valence-corrected chi connectivity index (χ0v) is 15.4. The summed E-state index contributed by atoms with van der Waals surface area (Å²) in [6, 6.07) is 12.9. The van der Waals surface area contributed by atoms with Gasteiger partial charge in [-0.3, -0.25) is 14.5 Å². The molecule has 5 nitrogen and oxygen atoms in total. The van der Waals surface area contributed by atoms with Gasteiger partial charge in [0, 0.05) is 0 Å². The number of amides is 2. The molecule has 2 aliphatic rings. The van der Waals surface area contributed by atoms with Gasteiger partial charge >= 0.3 is 5.97 Å². The van der Waals surface area contributed by atoms with Crippen LogP contribution >= 0.6 is 0 Å². The summed E-state index contributed by atoms with van der Waals surface area (Å²) >= 11 is 0. The molecule has 2 amide bonds. The zero-order valence-electron chi connectivity index (χ0n) is 15.4. The highest BCUT2D eigenvalue weighted by molar-refractivity contribution is 6.07. The van der Waals surface area contributed by atoms with Gasteiger partial charge in [0.05, 0.1) is 11.8 Å². The van der Waals surface area contributed by atoms with Crippen LogP contribution in [0.4, 0.5) is 0 Å². The fourth-order valence-electron chi connectivity index (χ4n) is 4.36. The maximum atomic E-state index is 12.6. The Morgan fingerprint density at radius 3 is 2.37 bits per heavy atom. The average molecular weight is 365 g/mol. The molecule has 2 aromatic rings. The first-order chi connectivity index (χ1) is 13.1. The Bertz CT molecular complexity index is 877. The molecule has 0 unspecified atom stereocenters. The number of carbonyl (C=O) groups excluding carboxylic acids is 3. The molecule has 1 saturated carbocycles. The minimum Gasteiger partial charge on any atom is -0.459 e. The minimum absolute atomic E-state index is 0.119. The molecular formula is C22H23NO4. The third-order valence-corrected chi connectivity index (χ3v) is 5.85. The van der Waals surface area contributed by atoms with Crippen LogP contribution in [-0.2, 0) is 25.7 Å². The van der Waals surface area contributed by atoms with Crippen LogP contribution in [0.15, 0.2) is 42.5 Å². The van der Waals surface area contributed by atoms with E-state index >= 15 is 0 Å². The lowest BCUT2D eigenvalue weighted by Crippen LogP contribution is -2.44. The molecule has 0 spiro atoms. The van der Waals surface area contributed by atoms with E-state index in [-0.39, 0.29) is 30.3 Å². The second-order valence-electron chi connectivity index (χ2n) is 7.47. The third kappa shape index (κ3) is 3.11. The van der Waals surface area contributed by atoms with Crippen LogP contribution in [0.5, 0.6) is 0 Å². The first kappa shape index (κ1) is 17.7. The largest absolute Gasteiger partial charge is 0.459 e. The van der Waals surface area contributed by atoms with Gasteiger partial charge in [-0.2, -0.15) is 0 Å². The SMILES string of the molecule is C[C@@H](C(=O)OCc1cccc2ccccc12)N1C(=O)[C@H]2CCCC[C@@H]2C1=O. The number of esters is 1. The van der Waals surface area contributed by atoms with Gasteiger partial charge in [0.1, 0.15) is 12.6 Å². The number of ether oxygens (including phenoxy) is 1. The van der Waals surface area contributed by atoms with Crippen molar-refractivity contribution in [3.05, 3.63) is 48.0 Å². The van der Waals surface area contributed by atoms with E-state index in [9.17, 15) is 14.4 Å². The summed E-state index contributed by atoms with van der Waals surface area (Å²) in [6.45, 7) is 1.70. The molecule has 5 heteroatoms. The Labute approximate surface area is 158 Å². The molecule has 1 heterocycles. The Hall–Kier alpha value is -2.69. The van der Waals surface area contributed by atoms with E-state index in [0.29, 0.717) is 0 Å². The zero-order chi connectivity index (χ0) is 19.0. The molecule has 0 aromatic heterocycles. The Morgan fingerprint density at radius 1 is 1.04 bits per heavy atom. The first-order valence-corrected chi connectivity index (χ1v) is 9.58. The fourth-order valence-corrected chi connectivity index (χ4v) is 4.36. The lowest BCUT2D eigenvalue weighted by Gasteiger charge is -2.21. The third-order valence-electron chi connectivity index (χ3n) is 5.85. The van der Waals surface area contributed by atoms with E-state index in [2.05, 4.69) is 0 Å². The van der Waals surface area contributed by atoms with E-state index in [4.69, 9.17) is 4.74 Å². The average Bonchev–Trinajstić information content (AvgIpc) is 2.96. The molecule has 2 aromatic carbocycles. The summed E-state index contributed by atoms with van der Waals surface area (Å²) in [5.41, 5.74) is 0.904. The summed E-state index contributed by atoms with van der Waals surface area (Å²) < 4.78 is 5.48. The van der Waals surface area contributed by atoms with E-state index in [1.165, 1.54) is 0 Å². The molecule has 140 valence electrons. The monoisotopic (exact) mass is 365 g/mol. The Kier molecular flexibility index (Phi) is 4.68. The number of nitrogens with zero attached hydrogens (tertiary/aromatic N) is 1. The van der Waals surface area contributed by atoms with Gasteiger partial charge in [-0.25, -0.2) is 4.79 Å². The van der Waals surface area contributed by atoms with Crippen molar-refractivity contribution < 1.29 is 19.1 Å². The fraction of sp³-hybridized carbons (Fsp3) is 0.409. The van der Waals surface area contributed by atoms with Gasteiger partial charge < -0.3 is 4.74 Å². The van der Waals surface area contributed by atoms with Crippen LogP contribution in [0.3, 0.4) is 0 Å². The van der Waals surface area contributed by atoms with Crippen molar-refractivity contribution >= 4 is 28.6 Å². The van der Waals surface area contributed by atoms with Crippen molar-refractivity contribution in [2.75, 3.05) is 0 Å². The molecule has 1 aliphatic heterocycles. The van der Waals surface area contributed by atoms with Crippen molar-refractivity contribution in [2.45, 2.75) is 45.3 Å². The van der Waals surface area contributed by atoms with Crippen molar-refractivity contribution in [3.8, 4) is 0 Å². The lowest BCUT2D eigenvalue weighted by atomic mass is 9.81. The summed E-state index contributed by atoms with van der Waals surface area (Å²) in [6.07, 6.45) is 3.41. The number of hydrogen-bond donors (Lipinski definition) is 0. The number of benzene rings is 2. The van der Waals surface area contributed by atoms with Crippen molar-refractivity contribution in [2.24, 2.45) is 11.8 Å². The maximum Gasteiger partial charge on any atom is 0.329 e. The molecule has 2 fully saturated rings. The molecular weight excluding hydrogens is 342 g/mol. The topological polar surface area (TPSA) is 63.7 Å². The summed E-state index contributed by atoms with van der Waals surface area (Å²) in [5.74, 6) is -1.46. The van der Waals surface area contributed by atoms with Crippen LogP contribution in [-0.4, -0.2) is 28.7 Å². The molecule has 1 saturated heterocycles. The molecule has 0 N–H and O–H groups in total. The highest BCUT2D eigenvalue weighted by Crippen LogP contribution is 2.39. The number of imide groups is 1. The van der Waals surface area contributed by atoms with Crippen LogP contribution in [0.2, 0.25) is 0 Å². The second kappa shape index (κ2) is 7.14. The molecule has 4 rings (SSSR count). The number of rotatable bonds is 4. The summed E-state index contributed by atoms with van der Waals surface area (Å²) in [7, 11) is 0.